The van der Waals surface area contributed by atoms with Crippen molar-refractivity contribution in [3.05, 3.63) is 104 Å². The van der Waals surface area contributed by atoms with Crippen molar-refractivity contribution in [3.63, 3.8) is 0 Å². The van der Waals surface area contributed by atoms with Gasteiger partial charge in [0.25, 0.3) is 11.5 Å². The number of nitrogens with zero attached hydrogens (tertiary/aromatic N) is 2. The molecule has 34 heavy (non-hydrogen) atoms. The number of carbonyl (C=O) groups excluding carboxylic acids is 1. The Labute approximate surface area is 198 Å². The third kappa shape index (κ3) is 5.20. The number of amides is 1. The van der Waals surface area contributed by atoms with Crippen LogP contribution in [0.5, 0.6) is 0 Å². The second-order valence-electron chi connectivity index (χ2n) is 8.75. The molecule has 3 aromatic rings. The van der Waals surface area contributed by atoms with Gasteiger partial charge in [-0.3, -0.25) is 19.1 Å². The van der Waals surface area contributed by atoms with E-state index in [4.69, 9.17) is 5.73 Å². The van der Waals surface area contributed by atoms with Gasteiger partial charge in [-0.2, -0.15) is 0 Å². The molecule has 0 bridgehead atoms. The van der Waals surface area contributed by atoms with Gasteiger partial charge in [0.15, 0.2) is 5.69 Å². The van der Waals surface area contributed by atoms with Gasteiger partial charge in [-0.25, -0.2) is 4.79 Å². The molecule has 0 saturated carbocycles. The summed E-state index contributed by atoms with van der Waals surface area (Å²) in [6.45, 7) is 2.40. The predicted molar refractivity (Wildman–Crippen MR) is 135 cm³/mol. The lowest BCUT2D eigenvalue weighted by atomic mass is 9.97. The number of anilines is 2. The van der Waals surface area contributed by atoms with Gasteiger partial charge >= 0.3 is 5.69 Å². The van der Waals surface area contributed by atoms with Crippen LogP contribution in [0.4, 0.5) is 11.5 Å². The first kappa shape index (κ1) is 23.3. The SMILES string of the molecule is Cc1cccc(C(=O)N(CCC2=CCCCC2)c2c(N)n(Cc3ccccc3)c(=O)[nH]c2=O)c1. The highest BCUT2D eigenvalue weighted by molar-refractivity contribution is 6.07. The minimum atomic E-state index is -0.662. The van der Waals surface area contributed by atoms with Gasteiger partial charge in [0, 0.05) is 12.1 Å². The van der Waals surface area contributed by atoms with E-state index in [2.05, 4.69) is 11.1 Å². The summed E-state index contributed by atoms with van der Waals surface area (Å²) in [5, 5.41) is 0. The Morgan fingerprint density at radius 1 is 1.09 bits per heavy atom. The van der Waals surface area contributed by atoms with E-state index >= 15 is 0 Å². The van der Waals surface area contributed by atoms with Gasteiger partial charge < -0.3 is 10.6 Å². The molecule has 0 unspecified atom stereocenters. The molecular weight excluding hydrogens is 428 g/mol. The number of H-pyrrole nitrogens is 1. The van der Waals surface area contributed by atoms with Crippen molar-refractivity contribution in [1.29, 1.82) is 0 Å². The van der Waals surface area contributed by atoms with Crippen LogP contribution < -0.4 is 21.9 Å². The fraction of sp³-hybridized carbons (Fsp3) is 0.296. The Hall–Kier alpha value is -3.87. The second-order valence-corrected chi connectivity index (χ2v) is 8.75. The number of benzene rings is 2. The number of nitrogens with one attached hydrogen (secondary N) is 1. The maximum Gasteiger partial charge on any atom is 0.330 e. The van der Waals surface area contributed by atoms with Gasteiger partial charge in [0.05, 0.1) is 6.54 Å². The van der Waals surface area contributed by atoms with Crippen LogP contribution in [-0.2, 0) is 6.54 Å². The highest BCUT2D eigenvalue weighted by Gasteiger charge is 2.26. The standard InChI is InChI=1S/C27H30N4O3/c1-19-9-8-14-22(17-19)26(33)30(16-15-20-10-4-2-5-11-20)23-24(28)31(27(34)29-25(23)32)18-21-12-6-3-7-13-21/h3,6-10,12-14,17H,2,4-5,11,15-16,18,28H2,1H3,(H,29,32,34). The van der Waals surface area contributed by atoms with Crippen molar-refractivity contribution in [3.8, 4) is 0 Å². The van der Waals surface area contributed by atoms with E-state index in [0.717, 1.165) is 30.4 Å². The number of nitrogens with two attached hydrogens (primary N) is 1. The first-order chi connectivity index (χ1) is 16.4. The van der Waals surface area contributed by atoms with E-state index in [-0.39, 0.29) is 24.0 Å². The van der Waals surface area contributed by atoms with E-state index in [0.29, 0.717) is 18.5 Å². The largest absolute Gasteiger partial charge is 0.383 e. The molecule has 7 heteroatoms. The number of aryl methyl sites for hydroxylation is 1. The molecular formula is C27H30N4O3. The Morgan fingerprint density at radius 3 is 2.59 bits per heavy atom. The van der Waals surface area contributed by atoms with Crippen molar-refractivity contribution in [2.24, 2.45) is 0 Å². The first-order valence-electron chi connectivity index (χ1n) is 11.7. The highest BCUT2D eigenvalue weighted by atomic mass is 16.2. The molecule has 0 radical (unpaired) electrons. The third-order valence-electron chi connectivity index (χ3n) is 6.22. The van der Waals surface area contributed by atoms with E-state index in [1.165, 1.54) is 21.5 Å². The molecule has 0 saturated heterocycles. The molecule has 3 N–H and O–H groups in total. The minimum absolute atomic E-state index is 0.0125. The average Bonchev–Trinajstić information content (AvgIpc) is 2.84. The van der Waals surface area contributed by atoms with E-state index < -0.39 is 11.2 Å². The van der Waals surface area contributed by atoms with Crippen molar-refractivity contribution in [2.45, 2.75) is 45.6 Å². The average molecular weight is 459 g/mol. The molecule has 0 aliphatic heterocycles. The highest BCUT2D eigenvalue weighted by Crippen LogP contribution is 2.25. The molecule has 1 amide bonds. The van der Waals surface area contributed by atoms with Crippen molar-refractivity contribution < 1.29 is 4.79 Å². The van der Waals surface area contributed by atoms with Crippen LogP contribution in [0.25, 0.3) is 0 Å². The van der Waals surface area contributed by atoms with Crippen LogP contribution in [0.15, 0.2) is 75.8 Å². The molecule has 176 valence electrons. The Bertz CT molecular complexity index is 1320. The summed E-state index contributed by atoms with van der Waals surface area (Å²) in [5.41, 5.74) is 8.72. The summed E-state index contributed by atoms with van der Waals surface area (Å²) in [6, 6.07) is 16.6. The maximum absolute atomic E-state index is 13.6. The fourth-order valence-electron chi connectivity index (χ4n) is 4.40. The fourth-order valence-corrected chi connectivity index (χ4v) is 4.40. The predicted octanol–water partition coefficient (Wildman–Crippen LogP) is 4.01. The molecule has 1 heterocycles. The van der Waals surface area contributed by atoms with Crippen LogP contribution in [0.3, 0.4) is 0 Å². The number of rotatable bonds is 7. The molecule has 7 nitrogen and oxygen atoms in total. The zero-order chi connectivity index (χ0) is 24.1. The van der Waals surface area contributed by atoms with Gasteiger partial charge in [0.2, 0.25) is 0 Å². The molecule has 4 rings (SSSR count). The first-order valence-corrected chi connectivity index (χ1v) is 11.7. The summed E-state index contributed by atoms with van der Waals surface area (Å²) in [5.74, 6) is -0.335. The van der Waals surface area contributed by atoms with Crippen LogP contribution in [-0.4, -0.2) is 22.0 Å². The lowest BCUT2D eigenvalue weighted by Gasteiger charge is -2.26. The Balaban J connectivity index is 1.77. The van der Waals surface area contributed by atoms with Crippen LogP contribution in [0.2, 0.25) is 0 Å². The lowest BCUT2D eigenvalue weighted by molar-refractivity contribution is 0.0986. The molecule has 1 aromatic heterocycles. The van der Waals surface area contributed by atoms with Gasteiger partial charge in [-0.05, 0) is 56.7 Å². The Kier molecular flexibility index (Phi) is 7.11. The van der Waals surface area contributed by atoms with Crippen molar-refractivity contribution in [1.82, 2.24) is 9.55 Å². The Morgan fingerprint density at radius 2 is 1.88 bits per heavy atom. The molecule has 0 atom stereocenters. The molecule has 1 aliphatic carbocycles. The molecule has 2 aromatic carbocycles. The van der Waals surface area contributed by atoms with Crippen LogP contribution in [0, 0.1) is 6.92 Å². The van der Waals surface area contributed by atoms with E-state index in [1.54, 1.807) is 12.1 Å². The number of hydrogen-bond acceptors (Lipinski definition) is 4. The van der Waals surface area contributed by atoms with Gasteiger partial charge in [-0.1, -0.05) is 59.7 Å². The zero-order valence-corrected chi connectivity index (χ0v) is 19.4. The third-order valence-corrected chi connectivity index (χ3v) is 6.22. The maximum atomic E-state index is 13.6. The topological polar surface area (TPSA) is 101 Å². The molecule has 0 fully saturated rings. The second kappa shape index (κ2) is 10.4. The van der Waals surface area contributed by atoms with E-state index in [1.807, 2.05) is 49.4 Å². The number of aromatic nitrogens is 2. The smallest absolute Gasteiger partial charge is 0.330 e. The number of nitrogen functional groups attached to an aromatic ring is 1. The van der Waals surface area contributed by atoms with Crippen molar-refractivity contribution in [2.75, 3.05) is 17.2 Å². The summed E-state index contributed by atoms with van der Waals surface area (Å²) < 4.78 is 1.31. The summed E-state index contributed by atoms with van der Waals surface area (Å²) in [7, 11) is 0. The molecule has 1 aliphatic rings. The summed E-state index contributed by atoms with van der Waals surface area (Å²) >= 11 is 0. The number of carbonyl (C=O) groups is 1. The normalized spacial score (nSPS) is 13.4. The molecule has 0 spiro atoms. The van der Waals surface area contributed by atoms with Crippen LogP contribution in [0.1, 0.15) is 53.6 Å². The quantitative estimate of drug-likeness (QED) is 0.522. The zero-order valence-electron chi connectivity index (χ0n) is 19.4. The van der Waals surface area contributed by atoms with Crippen LogP contribution >= 0.6 is 0 Å². The summed E-state index contributed by atoms with van der Waals surface area (Å²) in [6.07, 6.45) is 7.20. The van der Waals surface area contributed by atoms with E-state index in [9.17, 15) is 14.4 Å². The summed E-state index contributed by atoms with van der Waals surface area (Å²) in [4.78, 5) is 43.1. The van der Waals surface area contributed by atoms with Gasteiger partial charge in [-0.15, -0.1) is 0 Å². The lowest BCUT2D eigenvalue weighted by Crippen LogP contribution is -2.42. The number of hydrogen-bond donors (Lipinski definition) is 2. The van der Waals surface area contributed by atoms with Crippen molar-refractivity contribution >= 4 is 17.4 Å². The minimum Gasteiger partial charge on any atom is -0.383 e. The number of aromatic amines is 1. The number of allylic oxidation sites excluding steroid dienone is 1. The van der Waals surface area contributed by atoms with Gasteiger partial charge in [0.1, 0.15) is 5.82 Å². The monoisotopic (exact) mass is 458 g/mol.